The van der Waals surface area contributed by atoms with Gasteiger partial charge in [0.1, 0.15) is 42.0 Å². The van der Waals surface area contributed by atoms with Crippen molar-refractivity contribution in [3.63, 3.8) is 0 Å². The molecule has 62 heavy (non-hydrogen) atoms. The van der Waals surface area contributed by atoms with E-state index in [0.29, 0.717) is 43.3 Å². The SMILES string of the molecule is CCC(C)C1O[C@]2(C=C[C@@H]1C)C[C@@H]1C[C@@H](C/C=C(\C)[C@@H](OC3CC(OC)C(OC4CC(OC)C(O)C(C)O4)C(C)O3)[C@@H](C)/C=C/C=C3\CO[C@@H]4C(O)C(C)=CC(C(=O)O1)[C@]34O)O2. The van der Waals surface area contributed by atoms with Crippen LogP contribution in [0.4, 0.5) is 0 Å². The average molecular weight is 873 g/mol. The van der Waals surface area contributed by atoms with E-state index in [2.05, 4.69) is 39.8 Å². The van der Waals surface area contributed by atoms with Crippen LogP contribution in [0.1, 0.15) is 93.9 Å². The zero-order valence-corrected chi connectivity index (χ0v) is 38.2. The fourth-order valence-electron chi connectivity index (χ4n) is 10.6. The van der Waals surface area contributed by atoms with E-state index in [-0.39, 0.29) is 42.7 Å². The summed E-state index contributed by atoms with van der Waals surface area (Å²) in [7, 11) is 3.22. The van der Waals surface area contributed by atoms with Gasteiger partial charge in [0.25, 0.3) is 0 Å². The summed E-state index contributed by atoms with van der Waals surface area (Å²) >= 11 is 0. The zero-order chi connectivity index (χ0) is 44.7. The second-order valence-corrected chi connectivity index (χ2v) is 19.0. The van der Waals surface area contributed by atoms with Crippen LogP contribution >= 0.6 is 0 Å². The van der Waals surface area contributed by atoms with Crippen LogP contribution in [-0.4, -0.2) is 139 Å². The third kappa shape index (κ3) is 9.64. The van der Waals surface area contributed by atoms with Gasteiger partial charge < -0.3 is 62.7 Å². The summed E-state index contributed by atoms with van der Waals surface area (Å²) in [6, 6.07) is 0. The number of ether oxygens (including phenoxy) is 10. The molecule has 4 saturated heterocycles. The molecule has 7 aliphatic rings. The van der Waals surface area contributed by atoms with E-state index in [1.807, 2.05) is 32.1 Å². The Morgan fingerprint density at radius 2 is 1.60 bits per heavy atom. The molecular formula is C48H72O14. The lowest BCUT2D eigenvalue weighted by Gasteiger charge is -2.48. The smallest absolute Gasteiger partial charge is 0.316 e. The largest absolute Gasteiger partial charge is 0.462 e. The van der Waals surface area contributed by atoms with Crippen LogP contribution in [0.2, 0.25) is 0 Å². The van der Waals surface area contributed by atoms with Crippen molar-refractivity contribution < 1.29 is 67.5 Å². The van der Waals surface area contributed by atoms with Gasteiger partial charge in [-0.15, -0.1) is 0 Å². The lowest BCUT2D eigenvalue weighted by atomic mass is 9.71. The summed E-state index contributed by atoms with van der Waals surface area (Å²) in [5.74, 6) is -2.56. The molecule has 0 radical (unpaired) electrons. The van der Waals surface area contributed by atoms with Crippen molar-refractivity contribution >= 4 is 5.97 Å². The molecule has 0 saturated carbocycles. The number of hydrogen-bond acceptors (Lipinski definition) is 14. The predicted molar refractivity (Wildman–Crippen MR) is 227 cm³/mol. The summed E-state index contributed by atoms with van der Waals surface area (Å²) in [5.41, 5.74) is 0.134. The molecule has 0 aromatic rings. The first-order valence-corrected chi connectivity index (χ1v) is 22.9. The maximum Gasteiger partial charge on any atom is 0.316 e. The lowest BCUT2D eigenvalue weighted by Crippen LogP contribution is -2.58. The number of esters is 1. The normalized spacial score (nSPS) is 49.1. The van der Waals surface area contributed by atoms with E-state index in [4.69, 9.17) is 47.4 Å². The van der Waals surface area contributed by atoms with Gasteiger partial charge in [-0.2, -0.15) is 0 Å². The standard InChI is InChI=1S/C48H72O14/c1-11-25(2)43-28(5)17-18-47(62-43)23-34-20-33(61-47)16-15-27(4)42(26(3)13-12-14-32-24-55-45-40(49)29(6)19-35(46(51)58-34)48(32,45)52)59-39-22-37(54-10)44(31(8)57-39)60-38-21-36(53-9)41(50)30(7)56-38/h12-15,17-19,25-26,28,30-31,33-45,49-50,52H,11,16,20-24H2,1-10H3/b13-12+,27-15+,32-14+/t25?,26-,28-,30?,31?,33+,34-,35?,36?,37?,38?,39?,40?,41?,42-,43?,44?,45+,47+,48+/m0/s1. The topological polar surface area (TPSA) is 170 Å². The summed E-state index contributed by atoms with van der Waals surface area (Å²) < 4.78 is 63.7. The van der Waals surface area contributed by atoms with E-state index < -0.39 is 90.8 Å². The van der Waals surface area contributed by atoms with Crippen LogP contribution < -0.4 is 0 Å². The molecule has 14 nitrogen and oxygen atoms in total. The Balaban J connectivity index is 1.18. The Bertz CT molecular complexity index is 1730. The number of hydrogen-bond donors (Lipinski definition) is 3. The lowest BCUT2D eigenvalue weighted by molar-refractivity contribution is -0.318. The fourth-order valence-corrected chi connectivity index (χ4v) is 10.6. The third-order valence-corrected chi connectivity index (χ3v) is 14.5. The van der Waals surface area contributed by atoms with Crippen LogP contribution in [0.25, 0.3) is 0 Å². The van der Waals surface area contributed by atoms with E-state index >= 15 is 0 Å². The number of aliphatic hydroxyl groups is 3. The molecule has 7 rings (SSSR count). The molecule has 14 heteroatoms. The number of allylic oxidation sites excluding steroid dienone is 2. The van der Waals surface area contributed by atoms with Gasteiger partial charge in [-0.05, 0) is 62.8 Å². The highest BCUT2D eigenvalue weighted by atomic mass is 16.7. The molecule has 4 fully saturated rings. The Morgan fingerprint density at radius 1 is 0.887 bits per heavy atom. The van der Waals surface area contributed by atoms with Crippen molar-refractivity contribution in [1.82, 2.24) is 0 Å². The highest BCUT2D eigenvalue weighted by Gasteiger charge is 2.60. The maximum absolute atomic E-state index is 14.3. The quantitative estimate of drug-likeness (QED) is 0.210. The Morgan fingerprint density at radius 3 is 2.32 bits per heavy atom. The summed E-state index contributed by atoms with van der Waals surface area (Å²) in [5, 5.41) is 34.2. The molecule has 6 heterocycles. The molecule has 3 N–H and O–H groups in total. The summed E-state index contributed by atoms with van der Waals surface area (Å²) in [6.07, 6.45) is 8.55. The molecule has 20 atom stereocenters. The molecule has 0 aromatic heterocycles. The first-order chi connectivity index (χ1) is 29.5. The van der Waals surface area contributed by atoms with Crippen LogP contribution in [0, 0.1) is 23.7 Å². The van der Waals surface area contributed by atoms with E-state index in [1.54, 1.807) is 40.2 Å². The molecule has 0 amide bonds. The van der Waals surface area contributed by atoms with Gasteiger partial charge in [-0.3, -0.25) is 4.79 Å². The highest BCUT2D eigenvalue weighted by molar-refractivity contribution is 5.78. The third-order valence-electron chi connectivity index (χ3n) is 14.5. The molecule has 1 spiro atoms. The molecule has 12 unspecified atom stereocenters. The summed E-state index contributed by atoms with van der Waals surface area (Å²) in [6.45, 7) is 16.1. The van der Waals surface area contributed by atoms with Crippen LogP contribution in [0.5, 0.6) is 0 Å². The van der Waals surface area contributed by atoms with Crippen molar-refractivity contribution in [2.75, 3.05) is 20.8 Å². The molecule has 348 valence electrons. The zero-order valence-electron chi connectivity index (χ0n) is 38.2. The van der Waals surface area contributed by atoms with Gasteiger partial charge in [0.2, 0.25) is 0 Å². The van der Waals surface area contributed by atoms with E-state index in [9.17, 15) is 20.1 Å². The van der Waals surface area contributed by atoms with E-state index in [1.165, 1.54) is 0 Å². The predicted octanol–water partition coefficient (Wildman–Crippen LogP) is 5.38. The molecule has 6 aliphatic heterocycles. The molecular weight excluding hydrogens is 801 g/mol. The van der Waals surface area contributed by atoms with Crippen molar-refractivity contribution in [2.45, 2.75) is 191 Å². The Labute approximate surface area is 367 Å². The minimum absolute atomic E-state index is 0.0317. The van der Waals surface area contributed by atoms with Crippen molar-refractivity contribution in [1.29, 1.82) is 0 Å². The Kier molecular flexibility index (Phi) is 15.1. The number of carbonyl (C=O) groups is 1. The van der Waals surface area contributed by atoms with Gasteiger partial charge in [0, 0.05) is 51.7 Å². The first-order valence-electron chi connectivity index (χ1n) is 22.9. The average Bonchev–Trinajstić information content (AvgIpc) is 3.58. The van der Waals surface area contributed by atoms with Gasteiger partial charge in [-0.25, -0.2) is 0 Å². The van der Waals surface area contributed by atoms with Gasteiger partial charge in [0.15, 0.2) is 18.4 Å². The number of fused-ring (bicyclic) bond motifs is 2. The van der Waals surface area contributed by atoms with Crippen molar-refractivity contribution in [2.24, 2.45) is 23.7 Å². The monoisotopic (exact) mass is 872 g/mol. The Hall–Kier alpha value is -2.31. The number of aliphatic hydroxyl groups excluding tert-OH is 2. The van der Waals surface area contributed by atoms with E-state index in [0.717, 1.165) is 12.0 Å². The van der Waals surface area contributed by atoms with Gasteiger partial charge in [0.05, 0.1) is 49.3 Å². The highest BCUT2D eigenvalue weighted by Crippen LogP contribution is 2.47. The molecule has 1 aliphatic carbocycles. The number of rotatable bonds is 8. The second-order valence-electron chi connectivity index (χ2n) is 19.0. The fraction of sp³-hybridized carbons (Fsp3) is 0.771. The number of methoxy groups -OCH3 is 2. The van der Waals surface area contributed by atoms with Crippen LogP contribution in [0.15, 0.2) is 59.3 Å². The maximum atomic E-state index is 14.3. The summed E-state index contributed by atoms with van der Waals surface area (Å²) in [4.78, 5) is 14.3. The van der Waals surface area contributed by atoms with Crippen molar-refractivity contribution in [3.8, 4) is 0 Å². The second kappa shape index (κ2) is 19.7. The molecule has 0 aromatic carbocycles. The van der Waals surface area contributed by atoms with Crippen molar-refractivity contribution in [3.05, 3.63) is 59.3 Å². The molecule has 2 bridgehead atoms. The minimum Gasteiger partial charge on any atom is -0.462 e. The minimum atomic E-state index is -1.84. The first kappa shape index (κ1) is 47.6. The van der Waals surface area contributed by atoms with Gasteiger partial charge in [-0.1, -0.05) is 70.6 Å². The van der Waals surface area contributed by atoms with Gasteiger partial charge >= 0.3 is 5.97 Å². The van der Waals surface area contributed by atoms with Crippen LogP contribution in [0.3, 0.4) is 0 Å². The van der Waals surface area contributed by atoms with Crippen LogP contribution in [-0.2, 0) is 52.2 Å². The number of carbonyl (C=O) groups excluding carboxylic acids is 1.